The average molecular weight is 393 g/mol. The molecule has 1 aliphatic heterocycles. The lowest BCUT2D eigenvalue weighted by Gasteiger charge is -2.34. The Morgan fingerprint density at radius 2 is 1.00 bits per heavy atom. The molecule has 0 aromatic rings. The van der Waals surface area contributed by atoms with Crippen molar-refractivity contribution in [2.24, 2.45) is 0 Å². The Bertz CT molecular complexity index is 279. The fourth-order valence-corrected chi connectivity index (χ4v) is 15.1. The van der Waals surface area contributed by atoms with Crippen molar-refractivity contribution in [2.45, 2.75) is 39.3 Å². The first-order valence-electron chi connectivity index (χ1n) is 6.28. The highest BCUT2D eigenvalue weighted by atomic mass is 28.5. The van der Waals surface area contributed by atoms with Crippen molar-refractivity contribution in [1.82, 2.24) is 0 Å². The smallest absolute Gasteiger partial charge is 0.419 e. The topological polar surface area (TPSA) is 95.8 Å². The monoisotopic (exact) mass is 392 g/mol. The van der Waals surface area contributed by atoms with Crippen LogP contribution in [-0.2, 0) is 24.7 Å². The normalized spacial score (nSPS) is 33.6. The molecule has 0 aromatic heterocycles. The average Bonchev–Trinajstić information content (AvgIpc) is 2.07. The molecule has 4 atom stereocenters. The Hall–Kier alpha value is 0.981. The molecule has 1 heterocycles. The summed E-state index contributed by atoms with van der Waals surface area (Å²) in [7, 11) is -14.8. The highest BCUT2D eigenvalue weighted by molar-refractivity contribution is 6.80. The van der Waals surface area contributed by atoms with Crippen LogP contribution in [0.2, 0.25) is 39.3 Å². The SMILES string of the molecule is C[Si](C)(C)O[SiH]1O[SiH](O)O[SiH](O)O[SiH](O[Si](C)(C)C)O1. The minimum absolute atomic E-state index is 1.88. The fraction of sp³-hybridized carbons (Fsp3) is 1.00. The van der Waals surface area contributed by atoms with E-state index < -0.39 is 54.7 Å². The molecule has 0 amide bonds. The van der Waals surface area contributed by atoms with Gasteiger partial charge < -0.3 is 34.3 Å². The van der Waals surface area contributed by atoms with Crippen LogP contribution in [0.15, 0.2) is 0 Å². The zero-order valence-corrected chi connectivity index (χ0v) is 19.3. The van der Waals surface area contributed by atoms with E-state index in [9.17, 15) is 9.59 Å². The van der Waals surface area contributed by atoms with E-state index in [-0.39, 0.29) is 0 Å². The molecule has 8 nitrogen and oxygen atoms in total. The van der Waals surface area contributed by atoms with Crippen LogP contribution >= 0.6 is 0 Å². The summed E-state index contributed by atoms with van der Waals surface area (Å²) in [5.74, 6) is 0. The molecule has 0 spiro atoms. The Labute approximate surface area is 128 Å². The molecular weight excluding hydrogens is 369 g/mol. The van der Waals surface area contributed by atoms with Gasteiger partial charge in [-0.3, -0.25) is 0 Å². The van der Waals surface area contributed by atoms with E-state index in [1.54, 1.807) is 0 Å². The molecule has 2 N–H and O–H groups in total. The summed E-state index contributed by atoms with van der Waals surface area (Å²) in [6, 6.07) is 0. The molecule has 0 saturated carbocycles. The first-order valence-corrected chi connectivity index (χ1v) is 18.8. The van der Waals surface area contributed by atoms with Gasteiger partial charge in [0.1, 0.15) is 0 Å². The highest BCUT2D eigenvalue weighted by Gasteiger charge is 2.40. The van der Waals surface area contributed by atoms with Crippen LogP contribution < -0.4 is 0 Å². The van der Waals surface area contributed by atoms with Crippen molar-refractivity contribution in [3.63, 3.8) is 0 Å². The number of hydrogen-bond donors (Lipinski definition) is 2. The molecule has 0 bridgehead atoms. The van der Waals surface area contributed by atoms with Crippen LogP contribution in [0, 0.1) is 0 Å². The Kier molecular flexibility index (Phi) is 7.14. The number of rotatable bonds is 4. The molecule has 0 aliphatic carbocycles. The Morgan fingerprint density at radius 1 is 0.650 bits per heavy atom. The summed E-state index contributed by atoms with van der Waals surface area (Å²) in [6.07, 6.45) is 0. The summed E-state index contributed by atoms with van der Waals surface area (Å²) in [4.78, 5) is 19.3. The molecular formula is C6H24O8Si6. The van der Waals surface area contributed by atoms with Gasteiger partial charge in [0.15, 0.2) is 16.6 Å². The van der Waals surface area contributed by atoms with Gasteiger partial charge in [-0.2, -0.15) is 0 Å². The first kappa shape index (κ1) is 19.0. The van der Waals surface area contributed by atoms with E-state index in [2.05, 4.69) is 0 Å². The van der Waals surface area contributed by atoms with Gasteiger partial charge in [0.05, 0.1) is 0 Å². The van der Waals surface area contributed by atoms with Gasteiger partial charge in [0, 0.05) is 0 Å². The predicted molar refractivity (Wildman–Crippen MR) is 86.2 cm³/mol. The second-order valence-corrected chi connectivity index (χ2v) is 23.3. The molecule has 14 heteroatoms. The van der Waals surface area contributed by atoms with Crippen molar-refractivity contribution < 1.29 is 34.3 Å². The summed E-state index contributed by atoms with van der Waals surface area (Å²) in [6.45, 7) is 12.0. The summed E-state index contributed by atoms with van der Waals surface area (Å²) in [5.41, 5.74) is 0. The van der Waals surface area contributed by atoms with Gasteiger partial charge in [-0.1, -0.05) is 0 Å². The third-order valence-corrected chi connectivity index (χ3v) is 16.3. The van der Waals surface area contributed by atoms with Gasteiger partial charge in [-0.05, 0) is 39.3 Å². The maximum absolute atomic E-state index is 9.63. The maximum atomic E-state index is 9.63. The lowest BCUT2D eigenvalue weighted by Crippen LogP contribution is -2.55. The third kappa shape index (κ3) is 8.43. The van der Waals surface area contributed by atoms with Crippen molar-refractivity contribution in [3.8, 4) is 0 Å². The summed E-state index contributed by atoms with van der Waals surface area (Å²) in [5, 5.41) is 0. The Morgan fingerprint density at radius 3 is 1.30 bits per heavy atom. The highest BCUT2D eigenvalue weighted by Crippen LogP contribution is 2.15. The second kappa shape index (κ2) is 7.50. The van der Waals surface area contributed by atoms with Crippen LogP contribution in [0.5, 0.6) is 0 Å². The van der Waals surface area contributed by atoms with E-state index in [1.165, 1.54) is 0 Å². The van der Waals surface area contributed by atoms with Crippen molar-refractivity contribution in [1.29, 1.82) is 0 Å². The lowest BCUT2D eigenvalue weighted by molar-refractivity contribution is 0.138. The molecule has 1 aliphatic rings. The summed E-state index contributed by atoms with van der Waals surface area (Å²) < 4.78 is 33.0. The zero-order valence-electron chi connectivity index (χ0n) is 12.7. The maximum Gasteiger partial charge on any atom is 0.466 e. The van der Waals surface area contributed by atoms with Gasteiger partial charge in [-0.25, -0.2) is 0 Å². The van der Waals surface area contributed by atoms with Crippen LogP contribution in [-0.4, -0.2) is 64.3 Å². The molecule has 1 saturated heterocycles. The molecule has 0 radical (unpaired) electrons. The molecule has 4 unspecified atom stereocenters. The van der Waals surface area contributed by atoms with Crippen molar-refractivity contribution in [3.05, 3.63) is 0 Å². The quantitative estimate of drug-likeness (QED) is 0.565. The fourth-order valence-electron chi connectivity index (χ4n) is 1.20. The zero-order chi connectivity index (χ0) is 15.6. The molecule has 20 heavy (non-hydrogen) atoms. The van der Waals surface area contributed by atoms with Crippen molar-refractivity contribution >= 4 is 54.7 Å². The van der Waals surface area contributed by atoms with Crippen LogP contribution in [0.25, 0.3) is 0 Å². The molecule has 0 aromatic carbocycles. The van der Waals surface area contributed by atoms with Crippen LogP contribution in [0.1, 0.15) is 0 Å². The predicted octanol–water partition coefficient (Wildman–Crippen LogP) is -1.38. The summed E-state index contributed by atoms with van der Waals surface area (Å²) >= 11 is 0. The molecule has 1 fully saturated rings. The molecule has 1 rings (SSSR count). The van der Waals surface area contributed by atoms with Gasteiger partial charge in [0.2, 0.25) is 0 Å². The van der Waals surface area contributed by atoms with E-state index in [4.69, 9.17) is 24.7 Å². The van der Waals surface area contributed by atoms with Crippen molar-refractivity contribution in [2.75, 3.05) is 0 Å². The van der Waals surface area contributed by atoms with Gasteiger partial charge in [-0.15, -0.1) is 0 Å². The van der Waals surface area contributed by atoms with E-state index in [0.717, 1.165) is 0 Å². The van der Waals surface area contributed by atoms with E-state index in [0.29, 0.717) is 0 Å². The Balaban J connectivity index is 2.73. The standard InChI is InChI=1S/C6H24O8Si6/c1-19(2,3)13-17-10-15(7)9-16(8)11-18(12-17)14-20(4,5)6/h7-8,15-18H,1-6H3. The van der Waals surface area contributed by atoms with Crippen LogP contribution in [0.4, 0.5) is 0 Å². The van der Waals surface area contributed by atoms with E-state index in [1.807, 2.05) is 39.3 Å². The lowest BCUT2D eigenvalue weighted by atomic mass is 11.8. The van der Waals surface area contributed by atoms with Gasteiger partial charge in [0.25, 0.3) is 0 Å². The van der Waals surface area contributed by atoms with Crippen LogP contribution in [0.3, 0.4) is 0 Å². The minimum atomic E-state index is -2.96. The third-order valence-electron chi connectivity index (χ3n) is 1.81. The first-order chi connectivity index (χ1) is 8.94. The largest absolute Gasteiger partial charge is 0.466 e. The number of hydrogen-bond acceptors (Lipinski definition) is 8. The second-order valence-electron chi connectivity index (χ2n) is 6.20. The molecule has 120 valence electrons. The van der Waals surface area contributed by atoms with Gasteiger partial charge >= 0.3 is 38.1 Å². The minimum Gasteiger partial charge on any atom is -0.419 e. The van der Waals surface area contributed by atoms with E-state index >= 15 is 0 Å².